The van der Waals surface area contributed by atoms with Gasteiger partial charge in [-0.15, -0.1) is 11.3 Å². The van der Waals surface area contributed by atoms with Crippen LogP contribution < -0.4 is 10.4 Å². The lowest BCUT2D eigenvalue weighted by atomic mass is 9.92. The quantitative estimate of drug-likeness (QED) is 0.399. The largest absolute Gasteiger partial charge is 0.502 e. The van der Waals surface area contributed by atoms with Crippen molar-refractivity contribution in [2.45, 2.75) is 25.2 Å². The lowest BCUT2D eigenvalue weighted by Gasteiger charge is -2.53. The molecule has 1 amide bonds. The molecule has 0 bridgehead atoms. The van der Waals surface area contributed by atoms with Crippen LogP contribution in [0.1, 0.15) is 34.6 Å². The van der Waals surface area contributed by atoms with Gasteiger partial charge in [0.2, 0.25) is 5.43 Å². The summed E-state index contributed by atoms with van der Waals surface area (Å²) in [5.41, 5.74) is 3.06. The van der Waals surface area contributed by atoms with E-state index in [9.17, 15) is 19.1 Å². The van der Waals surface area contributed by atoms with Crippen LogP contribution in [-0.4, -0.2) is 51.0 Å². The summed E-state index contributed by atoms with van der Waals surface area (Å²) in [5.74, 6) is -3.20. The Morgan fingerprint density at radius 3 is 2.74 bits per heavy atom. The van der Waals surface area contributed by atoms with E-state index in [0.717, 1.165) is 17.2 Å². The van der Waals surface area contributed by atoms with Crippen LogP contribution in [0.3, 0.4) is 0 Å². The van der Waals surface area contributed by atoms with Gasteiger partial charge in [-0.25, -0.2) is 13.8 Å². The number of carbonyl (C=O) groups is 1. The number of morpholine rings is 1. The standard InChI is InChI=1S/C27H20F2N4O4S/c1-13-10-37-11-19-32(13)27(36)24-25(35)18(34)8-9-31(24)33(19)23-14-4-2-3-5-15(14)26-22(30-12-38-26)20-16(23)6-7-17(28)21(20)29/h2-9,12-13,19,23,35H,10-11H2,1H3/t13?,19-,23-/m1/s1. The highest BCUT2D eigenvalue weighted by atomic mass is 32.1. The van der Waals surface area contributed by atoms with Gasteiger partial charge >= 0.3 is 0 Å². The molecular weight excluding hydrogens is 514 g/mol. The van der Waals surface area contributed by atoms with Gasteiger partial charge in [0, 0.05) is 17.8 Å². The van der Waals surface area contributed by atoms with Crippen molar-refractivity contribution >= 4 is 17.2 Å². The molecule has 4 aromatic rings. The minimum absolute atomic E-state index is 0.0301. The Balaban J connectivity index is 1.60. The predicted octanol–water partition coefficient (Wildman–Crippen LogP) is 3.86. The first-order chi connectivity index (χ1) is 18.4. The van der Waals surface area contributed by atoms with Gasteiger partial charge in [-0.1, -0.05) is 30.3 Å². The predicted molar refractivity (Wildman–Crippen MR) is 136 cm³/mol. The number of aromatic nitrogens is 2. The number of amides is 1. The molecule has 0 radical (unpaired) electrons. The highest BCUT2D eigenvalue weighted by molar-refractivity contribution is 7.13. The molecule has 0 spiro atoms. The number of hydrogen-bond donors (Lipinski definition) is 1. The van der Waals surface area contributed by atoms with Crippen molar-refractivity contribution in [1.82, 2.24) is 14.6 Å². The van der Waals surface area contributed by atoms with Crippen LogP contribution in [0.15, 0.2) is 59.0 Å². The SMILES string of the molecule is CC1COC[C@@H]2N1C(=O)c1c(O)c(=O)ccn1N2[C@@H]1c2ccccc2-c2scnc2-c2c1ccc(F)c2F. The van der Waals surface area contributed by atoms with Gasteiger partial charge in [-0.2, -0.15) is 0 Å². The van der Waals surface area contributed by atoms with Crippen molar-refractivity contribution in [3.8, 4) is 27.4 Å². The number of ether oxygens (including phenoxy) is 1. The maximum atomic E-state index is 15.6. The zero-order chi connectivity index (χ0) is 26.3. The maximum Gasteiger partial charge on any atom is 0.278 e. The van der Waals surface area contributed by atoms with E-state index in [4.69, 9.17) is 4.74 Å². The number of hydrogen-bond acceptors (Lipinski definition) is 7. The minimum Gasteiger partial charge on any atom is -0.502 e. The van der Waals surface area contributed by atoms with Crippen molar-refractivity contribution in [3.63, 3.8) is 0 Å². The van der Waals surface area contributed by atoms with Gasteiger partial charge in [0.15, 0.2) is 23.1 Å². The Labute approximate surface area is 218 Å². The summed E-state index contributed by atoms with van der Waals surface area (Å²) < 4.78 is 37.6. The van der Waals surface area contributed by atoms with E-state index in [0.29, 0.717) is 16.1 Å². The first-order valence-electron chi connectivity index (χ1n) is 12.0. The summed E-state index contributed by atoms with van der Waals surface area (Å²) in [5, 5.41) is 12.6. The van der Waals surface area contributed by atoms with E-state index in [2.05, 4.69) is 4.98 Å². The van der Waals surface area contributed by atoms with Crippen molar-refractivity contribution in [3.05, 3.63) is 92.9 Å². The third-order valence-electron chi connectivity index (χ3n) is 7.46. The molecule has 2 aliphatic heterocycles. The molecule has 1 saturated heterocycles. The summed E-state index contributed by atoms with van der Waals surface area (Å²) in [6.45, 7) is 2.22. The number of rotatable bonds is 1. The van der Waals surface area contributed by atoms with E-state index >= 15 is 4.39 Å². The molecule has 7 rings (SSSR count). The van der Waals surface area contributed by atoms with Crippen molar-refractivity contribution in [2.75, 3.05) is 18.2 Å². The van der Waals surface area contributed by atoms with Crippen LogP contribution in [0.25, 0.3) is 21.7 Å². The Kier molecular flexibility index (Phi) is 4.98. The summed E-state index contributed by atoms with van der Waals surface area (Å²) in [4.78, 5) is 32.8. The van der Waals surface area contributed by atoms with Gasteiger partial charge in [-0.3, -0.25) is 19.3 Å². The highest BCUT2D eigenvalue weighted by Gasteiger charge is 2.48. The van der Waals surface area contributed by atoms with Crippen molar-refractivity contribution in [1.29, 1.82) is 0 Å². The fraction of sp³-hybridized carbons (Fsp3) is 0.222. The smallest absolute Gasteiger partial charge is 0.278 e. The molecule has 1 aliphatic carbocycles. The molecule has 8 nitrogen and oxygen atoms in total. The Hall–Kier alpha value is -4.09. The van der Waals surface area contributed by atoms with Crippen LogP contribution >= 0.6 is 11.3 Å². The molecule has 2 aromatic carbocycles. The van der Waals surface area contributed by atoms with E-state index in [1.807, 2.05) is 31.2 Å². The summed E-state index contributed by atoms with van der Waals surface area (Å²) in [6, 6.07) is 10.2. The fourth-order valence-electron chi connectivity index (χ4n) is 5.85. The summed E-state index contributed by atoms with van der Waals surface area (Å²) in [7, 11) is 0. The number of fused-ring (bicyclic) bond motifs is 7. The zero-order valence-corrected chi connectivity index (χ0v) is 20.8. The number of carbonyl (C=O) groups excluding carboxylic acids is 1. The average Bonchev–Trinajstić information content (AvgIpc) is 3.35. The van der Waals surface area contributed by atoms with E-state index in [-0.39, 0.29) is 30.5 Å². The number of halogens is 2. The van der Waals surface area contributed by atoms with E-state index < -0.39 is 40.9 Å². The van der Waals surface area contributed by atoms with Crippen LogP contribution in [-0.2, 0) is 4.74 Å². The number of nitrogens with zero attached hydrogens (tertiary/aromatic N) is 4. The molecule has 192 valence electrons. The molecule has 3 aliphatic rings. The lowest BCUT2D eigenvalue weighted by Crippen LogP contribution is -2.68. The molecule has 1 unspecified atom stereocenters. The van der Waals surface area contributed by atoms with Crippen molar-refractivity contribution < 1.29 is 23.4 Å². The monoisotopic (exact) mass is 534 g/mol. The van der Waals surface area contributed by atoms with Crippen LogP contribution in [0, 0.1) is 11.6 Å². The van der Waals surface area contributed by atoms with E-state index in [1.165, 1.54) is 34.3 Å². The molecule has 0 saturated carbocycles. The third-order valence-corrected chi connectivity index (χ3v) is 8.32. The lowest BCUT2D eigenvalue weighted by molar-refractivity contribution is -0.0467. The minimum atomic E-state index is -1.02. The van der Waals surface area contributed by atoms with Crippen LogP contribution in [0.5, 0.6) is 5.75 Å². The average molecular weight is 535 g/mol. The van der Waals surface area contributed by atoms with Gasteiger partial charge in [0.1, 0.15) is 6.17 Å². The molecule has 1 fully saturated rings. The van der Waals surface area contributed by atoms with Gasteiger partial charge in [0.25, 0.3) is 5.91 Å². The third kappa shape index (κ3) is 2.99. The molecule has 11 heteroatoms. The molecule has 1 N–H and O–H groups in total. The Bertz CT molecular complexity index is 1700. The molecule has 4 heterocycles. The molecule has 3 atom stereocenters. The molecule has 38 heavy (non-hydrogen) atoms. The van der Waals surface area contributed by atoms with E-state index in [1.54, 1.807) is 15.4 Å². The first-order valence-corrected chi connectivity index (χ1v) is 12.9. The van der Waals surface area contributed by atoms with Gasteiger partial charge in [0.05, 0.1) is 41.4 Å². The fourth-order valence-corrected chi connectivity index (χ4v) is 6.70. The molecule has 2 aromatic heterocycles. The Morgan fingerprint density at radius 1 is 1.08 bits per heavy atom. The first kappa shape index (κ1) is 23.1. The number of pyridine rings is 1. The van der Waals surface area contributed by atoms with Crippen LogP contribution in [0.2, 0.25) is 0 Å². The van der Waals surface area contributed by atoms with Crippen molar-refractivity contribution in [2.24, 2.45) is 0 Å². The normalized spacial score (nSPS) is 21.7. The zero-order valence-electron chi connectivity index (χ0n) is 20.0. The van der Waals surface area contributed by atoms with Gasteiger partial charge < -0.3 is 14.7 Å². The van der Waals surface area contributed by atoms with Gasteiger partial charge in [-0.05, 0) is 29.7 Å². The second kappa shape index (κ2) is 8.20. The number of thiazole rings is 1. The van der Waals surface area contributed by atoms with Crippen LogP contribution in [0.4, 0.5) is 8.78 Å². The summed E-state index contributed by atoms with van der Waals surface area (Å²) in [6.07, 6.45) is 0.747. The number of benzene rings is 2. The Morgan fingerprint density at radius 2 is 1.89 bits per heavy atom. The second-order valence-electron chi connectivity index (χ2n) is 9.53. The summed E-state index contributed by atoms with van der Waals surface area (Å²) >= 11 is 1.33. The number of aromatic hydroxyl groups is 1. The highest BCUT2D eigenvalue weighted by Crippen LogP contribution is 2.50. The topological polar surface area (TPSA) is 87.9 Å². The second-order valence-corrected chi connectivity index (χ2v) is 10.4. The molecular formula is C27H20F2N4O4S. The maximum absolute atomic E-state index is 15.6.